The van der Waals surface area contributed by atoms with Gasteiger partial charge in [0.1, 0.15) is 6.33 Å². The van der Waals surface area contributed by atoms with Crippen LogP contribution < -0.4 is 5.32 Å². The topological polar surface area (TPSA) is 55.6 Å². The Bertz CT molecular complexity index is 975. The number of anilines is 2. The summed E-state index contributed by atoms with van der Waals surface area (Å²) in [5.74, 6) is 0.723. The number of hydrogen-bond acceptors (Lipinski definition) is 4. The second-order valence-electron chi connectivity index (χ2n) is 5.69. The highest BCUT2D eigenvalue weighted by Crippen LogP contribution is 2.24. The lowest BCUT2D eigenvalue weighted by Crippen LogP contribution is -2.01. The van der Waals surface area contributed by atoms with Gasteiger partial charge in [-0.05, 0) is 24.1 Å². The maximum absolute atomic E-state index is 4.52. The number of nitrogens with one attached hydrogen (secondary N) is 1. The van der Waals surface area contributed by atoms with Gasteiger partial charge in [-0.3, -0.25) is 0 Å². The second-order valence-corrected chi connectivity index (χ2v) is 5.69. The van der Waals surface area contributed by atoms with Gasteiger partial charge in [-0.2, -0.15) is 0 Å². The zero-order valence-electron chi connectivity index (χ0n) is 13.3. The maximum Gasteiger partial charge on any atom is 0.165 e. The predicted molar refractivity (Wildman–Crippen MR) is 95.3 cm³/mol. The number of fused-ring (bicyclic) bond motifs is 1. The minimum Gasteiger partial charge on any atom is -0.338 e. The molecule has 2 aromatic carbocycles. The van der Waals surface area contributed by atoms with Crippen LogP contribution in [0.4, 0.5) is 11.5 Å². The van der Waals surface area contributed by atoms with Gasteiger partial charge in [0.15, 0.2) is 17.0 Å². The molecule has 0 aliphatic heterocycles. The standard InChI is InChI=1S/C19H17N5/c1-14-7-5-6-10-16(14)23-18-17-19(21-12-20-18)24(13-22-17)11-15-8-3-2-4-9-15/h2-10,12-13H,11H2,1H3,(H,20,21,23). The van der Waals surface area contributed by atoms with Crippen molar-refractivity contribution >= 4 is 22.7 Å². The van der Waals surface area contributed by atoms with E-state index in [4.69, 9.17) is 0 Å². The van der Waals surface area contributed by atoms with Gasteiger partial charge in [-0.15, -0.1) is 0 Å². The molecule has 0 bridgehead atoms. The Morgan fingerprint density at radius 1 is 0.917 bits per heavy atom. The summed E-state index contributed by atoms with van der Waals surface area (Å²) in [7, 11) is 0. The average molecular weight is 315 g/mol. The zero-order chi connectivity index (χ0) is 16.4. The van der Waals surface area contributed by atoms with E-state index in [1.807, 2.05) is 47.3 Å². The largest absolute Gasteiger partial charge is 0.338 e. The Morgan fingerprint density at radius 3 is 2.54 bits per heavy atom. The second kappa shape index (κ2) is 6.12. The Kier molecular flexibility index (Phi) is 3.67. The third-order valence-corrected chi connectivity index (χ3v) is 4.00. The molecule has 5 heteroatoms. The molecule has 4 rings (SSSR count). The monoisotopic (exact) mass is 315 g/mol. The molecular formula is C19H17N5. The first-order chi connectivity index (χ1) is 11.8. The van der Waals surface area contributed by atoms with E-state index in [0.29, 0.717) is 0 Å². The van der Waals surface area contributed by atoms with Crippen molar-refractivity contribution in [1.82, 2.24) is 19.5 Å². The van der Waals surface area contributed by atoms with Crippen molar-refractivity contribution in [2.75, 3.05) is 5.32 Å². The summed E-state index contributed by atoms with van der Waals surface area (Å²) in [5.41, 5.74) is 4.99. The maximum atomic E-state index is 4.52. The van der Waals surface area contributed by atoms with Crippen molar-refractivity contribution in [2.24, 2.45) is 0 Å². The van der Waals surface area contributed by atoms with E-state index in [9.17, 15) is 0 Å². The number of para-hydroxylation sites is 1. The number of hydrogen-bond donors (Lipinski definition) is 1. The zero-order valence-corrected chi connectivity index (χ0v) is 13.3. The molecule has 2 aromatic heterocycles. The molecule has 0 amide bonds. The fraction of sp³-hybridized carbons (Fsp3) is 0.105. The van der Waals surface area contributed by atoms with E-state index in [1.54, 1.807) is 6.33 Å². The van der Waals surface area contributed by atoms with E-state index in [0.717, 1.165) is 34.8 Å². The molecule has 118 valence electrons. The molecule has 2 heterocycles. The molecule has 5 nitrogen and oxygen atoms in total. The van der Waals surface area contributed by atoms with Crippen LogP contribution >= 0.6 is 0 Å². The number of aryl methyl sites for hydroxylation is 1. The summed E-state index contributed by atoms with van der Waals surface area (Å²) in [6.07, 6.45) is 3.39. The summed E-state index contributed by atoms with van der Waals surface area (Å²) < 4.78 is 2.04. The minimum atomic E-state index is 0.723. The minimum absolute atomic E-state index is 0.723. The van der Waals surface area contributed by atoms with E-state index in [1.165, 1.54) is 5.56 Å². The van der Waals surface area contributed by atoms with Gasteiger partial charge in [0.2, 0.25) is 0 Å². The summed E-state index contributed by atoms with van der Waals surface area (Å²) in [4.78, 5) is 13.3. The van der Waals surface area contributed by atoms with Crippen LogP contribution in [0.2, 0.25) is 0 Å². The van der Waals surface area contributed by atoms with Crippen molar-refractivity contribution < 1.29 is 0 Å². The lowest BCUT2D eigenvalue weighted by Gasteiger charge is -2.09. The first-order valence-electron chi connectivity index (χ1n) is 7.84. The smallest absolute Gasteiger partial charge is 0.165 e. The van der Waals surface area contributed by atoms with Crippen LogP contribution in [-0.2, 0) is 6.54 Å². The third kappa shape index (κ3) is 2.72. The molecular weight excluding hydrogens is 298 g/mol. The first-order valence-corrected chi connectivity index (χ1v) is 7.84. The van der Waals surface area contributed by atoms with Crippen molar-refractivity contribution in [1.29, 1.82) is 0 Å². The first kappa shape index (κ1) is 14.4. The molecule has 4 aromatic rings. The summed E-state index contributed by atoms with van der Waals surface area (Å²) in [6, 6.07) is 18.4. The normalized spacial score (nSPS) is 10.9. The van der Waals surface area contributed by atoms with Gasteiger partial charge < -0.3 is 9.88 Å². The van der Waals surface area contributed by atoms with Crippen LogP contribution in [0.15, 0.2) is 67.3 Å². The van der Waals surface area contributed by atoms with Gasteiger partial charge in [-0.25, -0.2) is 15.0 Å². The summed E-state index contributed by atoms with van der Waals surface area (Å²) in [5, 5.41) is 3.37. The Morgan fingerprint density at radius 2 is 1.71 bits per heavy atom. The van der Waals surface area contributed by atoms with Gasteiger partial charge in [0.05, 0.1) is 12.9 Å². The highest BCUT2D eigenvalue weighted by molar-refractivity contribution is 5.85. The van der Waals surface area contributed by atoms with Gasteiger partial charge in [-0.1, -0.05) is 48.5 Å². The average Bonchev–Trinajstić information content (AvgIpc) is 3.02. The molecule has 0 saturated carbocycles. The van der Waals surface area contributed by atoms with Gasteiger partial charge in [0, 0.05) is 5.69 Å². The highest BCUT2D eigenvalue weighted by Gasteiger charge is 2.11. The summed E-state index contributed by atoms with van der Waals surface area (Å²) >= 11 is 0. The molecule has 0 radical (unpaired) electrons. The molecule has 0 unspecified atom stereocenters. The SMILES string of the molecule is Cc1ccccc1Nc1ncnc2c1ncn2Cc1ccccc1. The van der Waals surface area contributed by atoms with E-state index in [-0.39, 0.29) is 0 Å². The molecule has 0 saturated heterocycles. The van der Waals surface area contributed by atoms with Gasteiger partial charge in [0.25, 0.3) is 0 Å². The number of benzene rings is 2. The fourth-order valence-corrected chi connectivity index (χ4v) is 2.71. The van der Waals surface area contributed by atoms with Crippen molar-refractivity contribution in [2.45, 2.75) is 13.5 Å². The van der Waals surface area contributed by atoms with Crippen LogP contribution in [0.3, 0.4) is 0 Å². The number of nitrogens with zero attached hydrogens (tertiary/aromatic N) is 4. The molecule has 24 heavy (non-hydrogen) atoms. The molecule has 0 aliphatic rings. The third-order valence-electron chi connectivity index (χ3n) is 4.00. The van der Waals surface area contributed by atoms with Crippen LogP contribution in [0.5, 0.6) is 0 Å². The lowest BCUT2D eigenvalue weighted by atomic mass is 10.2. The number of imidazole rings is 1. The van der Waals surface area contributed by atoms with Crippen LogP contribution in [0, 0.1) is 6.92 Å². The van der Waals surface area contributed by atoms with E-state index < -0.39 is 0 Å². The Hall–Kier alpha value is -3.21. The van der Waals surface area contributed by atoms with E-state index in [2.05, 4.69) is 45.4 Å². The lowest BCUT2D eigenvalue weighted by molar-refractivity contribution is 0.813. The molecule has 0 aliphatic carbocycles. The molecule has 0 fully saturated rings. The highest BCUT2D eigenvalue weighted by atomic mass is 15.1. The Balaban J connectivity index is 1.70. The number of aromatic nitrogens is 4. The predicted octanol–water partition coefficient (Wildman–Crippen LogP) is 3.93. The van der Waals surface area contributed by atoms with E-state index >= 15 is 0 Å². The molecule has 0 atom stereocenters. The van der Waals surface area contributed by atoms with Crippen LogP contribution in [-0.4, -0.2) is 19.5 Å². The Labute approximate surface area is 140 Å². The van der Waals surface area contributed by atoms with Gasteiger partial charge >= 0.3 is 0 Å². The number of rotatable bonds is 4. The molecule has 0 spiro atoms. The van der Waals surface area contributed by atoms with Crippen molar-refractivity contribution in [3.63, 3.8) is 0 Å². The van der Waals surface area contributed by atoms with Crippen LogP contribution in [0.25, 0.3) is 11.2 Å². The van der Waals surface area contributed by atoms with Crippen molar-refractivity contribution in [3.05, 3.63) is 78.4 Å². The van der Waals surface area contributed by atoms with Crippen LogP contribution in [0.1, 0.15) is 11.1 Å². The fourth-order valence-electron chi connectivity index (χ4n) is 2.71. The quantitative estimate of drug-likeness (QED) is 0.620. The molecule has 1 N–H and O–H groups in total. The summed E-state index contributed by atoms with van der Waals surface area (Å²) in [6.45, 7) is 2.80. The van der Waals surface area contributed by atoms with Crippen molar-refractivity contribution in [3.8, 4) is 0 Å².